The molecule has 0 aliphatic heterocycles. The first-order valence-corrected chi connectivity index (χ1v) is 5.51. The molecule has 1 amide bonds. The van der Waals surface area contributed by atoms with Crippen LogP contribution in [-0.2, 0) is 9.53 Å². The second kappa shape index (κ2) is 6.95. The lowest BCUT2D eigenvalue weighted by Crippen LogP contribution is -2.30. The summed E-state index contributed by atoms with van der Waals surface area (Å²) in [6.07, 6.45) is 4.35. The van der Waals surface area contributed by atoms with Gasteiger partial charge in [0.25, 0.3) is 0 Å². The third-order valence-electron chi connectivity index (χ3n) is 2.17. The molecule has 0 saturated heterocycles. The molecule has 0 aromatic carbocycles. The molecule has 1 atom stereocenters. The Balaban J connectivity index is 2.34. The summed E-state index contributed by atoms with van der Waals surface area (Å²) in [7, 11) is 0. The van der Waals surface area contributed by atoms with Crippen molar-refractivity contribution in [2.24, 2.45) is 0 Å². The van der Waals surface area contributed by atoms with Crippen LogP contribution in [0.15, 0.2) is 24.5 Å². The van der Waals surface area contributed by atoms with E-state index in [0.717, 1.165) is 12.0 Å². The molecule has 0 saturated carbocycles. The minimum absolute atomic E-state index is 0.0132. The highest BCUT2D eigenvalue weighted by atomic mass is 16.5. The summed E-state index contributed by atoms with van der Waals surface area (Å²) in [5.41, 5.74) is 1.04. The van der Waals surface area contributed by atoms with Crippen molar-refractivity contribution in [3.8, 4) is 0 Å². The number of carbonyl (C=O) groups excluding carboxylic acids is 1. The highest BCUT2D eigenvalue weighted by Gasteiger charge is 2.08. The number of pyridine rings is 1. The van der Waals surface area contributed by atoms with Gasteiger partial charge in [-0.05, 0) is 31.0 Å². The maximum absolute atomic E-state index is 11.4. The van der Waals surface area contributed by atoms with Crippen molar-refractivity contribution in [1.29, 1.82) is 0 Å². The standard InChI is InChI=1S/C12H18N2O2/c1-3-8-16-9-12(15)14-10(2)11-4-6-13-7-5-11/h4-7,10H,3,8-9H2,1-2H3,(H,14,15)/t10-/m0/s1. The van der Waals surface area contributed by atoms with E-state index >= 15 is 0 Å². The van der Waals surface area contributed by atoms with Crippen LogP contribution in [0.25, 0.3) is 0 Å². The van der Waals surface area contributed by atoms with Crippen molar-refractivity contribution in [2.45, 2.75) is 26.3 Å². The van der Waals surface area contributed by atoms with Crippen molar-refractivity contribution in [1.82, 2.24) is 10.3 Å². The first kappa shape index (κ1) is 12.6. The van der Waals surface area contributed by atoms with Crippen LogP contribution in [-0.4, -0.2) is 24.1 Å². The van der Waals surface area contributed by atoms with Crippen molar-refractivity contribution < 1.29 is 9.53 Å². The lowest BCUT2D eigenvalue weighted by molar-refractivity contribution is -0.126. The van der Waals surface area contributed by atoms with E-state index in [1.165, 1.54) is 0 Å². The van der Waals surface area contributed by atoms with Crippen LogP contribution in [0, 0.1) is 0 Å². The average Bonchev–Trinajstić information content (AvgIpc) is 2.30. The van der Waals surface area contributed by atoms with Crippen LogP contribution >= 0.6 is 0 Å². The van der Waals surface area contributed by atoms with Crippen LogP contribution in [0.1, 0.15) is 31.9 Å². The second-order valence-electron chi connectivity index (χ2n) is 3.62. The van der Waals surface area contributed by atoms with Gasteiger partial charge in [-0.15, -0.1) is 0 Å². The third kappa shape index (κ3) is 4.40. The van der Waals surface area contributed by atoms with E-state index in [0.29, 0.717) is 6.61 Å². The summed E-state index contributed by atoms with van der Waals surface area (Å²) >= 11 is 0. The summed E-state index contributed by atoms with van der Waals surface area (Å²) in [5.74, 6) is -0.0854. The molecular weight excluding hydrogens is 204 g/mol. The number of nitrogens with one attached hydrogen (secondary N) is 1. The van der Waals surface area contributed by atoms with E-state index < -0.39 is 0 Å². The molecule has 88 valence electrons. The van der Waals surface area contributed by atoms with Gasteiger partial charge in [-0.3, -0.25) is 9.78 Å². The molecule has 0 aliphatic carbocycles. The van der Waals surface area contributed by atoms with Crippen molar-refractivity contribution in [2.75, 3.05) is 13.2 Å². The number of hydrogen-bond donors (Lipinski definition) is 1. The van der Waals surface area contributed by atoms with Gasteiger partial charge in [-0.2, -0.15) is 0 Å². The fraction of sp³-hybridized carbons (Fsp3) is 0.500. The highest BCUT2D eigenvalue weighted by molar-refractivity contribution is 5.77. The van der Waals surface area contributed by atoms with Gasteiger partial charge < -0.3 is 10.1 Å². The molecule has 1 rings (SSSR count). The summed E-state index contributed by atoms with van der Waals surface area (Å²) in [4.78, 5) is 15.4. The molecule has 1 heterocycles. The maximum atomic E-state index is 11.4. The van der Waals surface area contributed by atoms with Crippen LogP contribution in [0.4, 0.5) is 0 Å². The highest BCUT2D eigenvalue weighted by Crippen LogP contribution is 2.09. The SMILES string of the molecule is CCCOCC(=O)N[C@@H](C)c1ccncc1. The molecule has 16 heavy (non-hydrogen) atoms. The van der Waals surface area contributed by atoms with Crippen molar-refractivity contribution in [3.63, 3.8) is 0 Å². The molecular formula is C12H18N2O2. The molecule has 0 aliphatic rings. The van der Waals surface area contributed by atoms with Crippen LogP contribution < -0.4 is 5.32 Å². The zero-order valence-electron chi connectivity index (χ0n) is 9.77. The monoisotopic (exact) mass is 222 g/mol. The molecule has 4 nitrogen and oxygen atoms in total. The van der Waals surface area contributed by atoms with E-state index in [2.05, 4.69) is 10.3 Å². The Hall–Kier alpha value is -1.42. The summed E-state index contributed by atoms with van der Waals surface area (Å²) in [5, 5.41) is 2.86. The van der Waals surface area contributed by atoms with Crippen molar-refractivity contribution >= 4 is 5.91 Å². The summed E-state index contributed by atoms with van der Waals surface area (Å²) in [6.45, 7) is 4.70. The molecule has 4 heteroatoms. The Morgan fingerprint density at radius 1 is 1.50 bits per heavy atom. The predicted molar refractivity (Wildman–Crippen MR) is 61.9 cm³/mol. The Morgan fingerprint density at radius 3 is 2.81 bits per heavy atom. The summed E-state index contributed by atoms with van der Waals surface area (Å²) in [6, 6.07) is 3.76. The molecule has 0 unspecified atom stereocenters. The predicted octanol–water partition coefficient (Wildman–Crippen LogP) is 1.69. The summed E-state index contributed by atoms with van der Waals surface area (Å²) < 4.78 is 5.16. The van der Waals surface area contributed by atoms with E-state index in [1.54, 1.807) is 12.4 Å². The van der Waals surface area contributed by atoms with E-state index in [9.17, 15) is 4.79 Å². The first-order chi connectivity index (χ1) is 7.74. The molecule has 0 bridgehead atoms. The lowest BCUT2D eigenvalue weighted by Gasteiger charge is -2.13. The van der Waals surface area contributed by atoms with E-state index in [4.69, 9.17) is 4.74 Å². The number of rotatable bonds is 6. The van der Waals surface area contributed by atoms with Crippen LogP contribution in [0.5, 0.6) is 0 Å². The molecule has 1 aromatic heterocycles. The zero-order chi connectivity index (χ0) is 11.8. The Morgan fingerprint density at radius 2 is 2.19 bits per heavy atom. The number of ether oxygens (including phenoxy) is 1. The minimum Gasteiger partial charge on any atom is -0.372 e. The maximum Gasteiger partial charge on any atom is 0.246 e. The molecule has 0 spiro atoms. The van der Waals surface area contributed by atoms with Gasteiger partial charge in [0.15, 0.2) is 0 Å². The van der Waals surface area contributed by atoms with Gasteiger partial charge in [0, 0.05) is 19.0 Å². The molecule has 1 aromatic rings. The third-order valence-corrected chi connectivity index (χ3v) is 2.17. The normalized spacial score (nSPS) is 12.1. The largest absolute Gasteiger partial charge is 0.372 e. The van der Waals surface area contributed by atoms with Gasteiger partial charge >= 0.3 is 0 Å². The fourth-order valence-electron chi connectivity index (χ4n) is 1.33. The average molecular weight is 222 g/mol. The van der Waals surface area contributed by atoms with E-state index in [1.807, 2.05) is 26.0 Å². The molecule has 0 fully saturated rings. The number of hydrogen-bond acceptors (Lipinski definition) is 3. The Kier molecular flexibility index (Phi) is 5.50. The first-order valence-electron chi connectivity index (χ1n) is 5.51. The number of amides is 1. The number of carbonyl (C=O) groups is 1. The zero-order valence-corrected chi connectivity index (χ0v) is 9.77. The van der Waals surface area contributed by atoms with Gasteiger partial charge in [0.1, 0.15) is 6.61 Å². The quantitative estimate of drug-likeness (QED) is 0.745. The Labute approximate surface area is 96.0 Å². The molecule has 1 N–H and O–H groups in total. The fourth-order valence-corrected chi connectivity index (χ4v) is 1.33. The van der Waals surface area contributed by atoms with Gasteiger partial charge in [0.05, 0.1) is 6.04 Å². The van der Waals surface area contributed by atoms with E-state index in [-0.39, 0.29) is 18.6 Å². The number of nitrogens with zero attached hydrogens (tertiary/aromatic N) is 1. The molecule has 0 radical (unpaired) electrons. The van der Waals surface area contributed by atoms with Gasteiger partial charge in [-0.25, -0.2) is 0 Å². The van der Waals surface area contributed by atoms with Gasteiger partial charge in [0.2, 0.25) is 5.91 Å². The number of aromatic nitrogens is 1. The topological polar surface area (TPSA) is 51.2 Å². The van der Waals surface area contributed by atoms with Crippen LogP contribution in [0.3, 0.4) is 0 Å². The minimum atomic E-state index is -0.0854. The van der Waals surface area contributed by atoms with Crippen LogP contribution in [0.2, 0.25) is 0 Å². The van der Waals surface area contributed by atoms with Gasteiger partial charge in [-0.1, -0.05) is 6.92 Å². The lowest BCUT2D eigenvalue weighted by atomic mass is 10.1. The Bertz CT molecular complexity index is 314. The van der Waals surface area contributed by atoms with Crippen molar-refractivity contribution in [3.05, 3.63) is 30.1 Å². The second-order valence-corrected chi connectivity index (χ2v) is 3.62. The smallest absolute Gasteiger partial charge is 0.246 e.